The Hall–Kier alpha value is -2.37. The Morgan fingerprint density at radius 2 is 2.21 bits per heavy atom. The number of imidazole rings is 1. The van der Waals surface area contributed by atoms with Crippen molar-refractivity contribution in [3.63, 3.8) is 0 Å². The molecular weight excluding hydrogens is 246 g/mol. The normalized spacial score (nSPS) is 10.6. The first-order valence-electron chi connectivity index (χ1n) is 5.90. The van der Waals surface area contributed by atoms with Crippen LogP contribution in [0.15, 0.2) is 24.5 Å². The smallest absolute Gasteiger partial charge is 0.305 e. The zero-order valence-corrected chi connectivity index (χ0v) is 10.8. The van der Waals surface area contributed by atoms with E-state index in [9.17, 15) is 9.59 Å². The van der Waals surface area contributed by atoms with Crippen LogP contribution in [-0.4, -0.2) is 44.9 Å². The molecule has 2 heterocycles. The molecule has 0 fully saturated rings. The predicted molar refractivity (Wildman–Crippen MR) is 69.1 cm³/mol. The maximum Gasteiger partial charge on any atom is 0.305 e. The molecule has 0 spiro atoms. The van der Waals surface area contributed by atoms with Gasteiger partial charge >= 0.3 is 5.97 Å². The van der Waals surface area contributed by atoms with E-state index in [1.807, 2.05) is 25.3 Å². The van der Waals surface area contributed by atoms with Gasteiger partial charge in [-0.1, -0.05) is 6.07 Å². The molecule has 0 aliphatic rings. The number of aromatic nitrogens is 2. The standard InChI is InChI=1S/C13H15N3O3/c1-9-4-3-6-16-8-10(14-12(9)16)13(19)15(2)7-5-11(17)18/h3-4,6,8H,5,7H2,1-2H3,(H,17,18). The summed E-state index contributed by atoms with van der Waals surface area (Å²) in [5.74, 6) is -1.20. The highest BCUT2D eigenvalue weighted by Gasteiger charge is 2.16. The Morgan fingerprint density at radius 3 is 2.84 bits per heavy atom. The molecule has 100 valence electrons. The minimum Gasteiger partial charge on any atom is -0.481 e. The number of fused-ring (bicyclic) bond motifs is 1. The van der Waals surface area contributed by atoms with Crippen molar-refractivity contribution < 1.29 is 14.7 Å². The van der Waals surface area contributed by atoms with Gasteiger partial charge in [0.05, 0.1) is 6.42 Å². The lowest BCUT2D eigenvalue weighted by Gasteiger charge is -2.13. The molecule has 2 aromatic heterocycles. The Morgan fingerprint density at radius 1 is 1.47 bits per heavy atom. The first-order valence-corrected chi connectivity index (χ1v) is 5.90. The fourth-order valence-electron chi connectivity index (χ4n) is 1.82. The average Bonchev–Trinajstić information content (AvgIpc) is 2.80. The number of carboxylic acid groups (broad SMARTS) is 1. The van der Waals surface area contributed by atoms with Gasteiger partial charge in [-0.05, 0) is 18.6 Å². The highest BCUT2D eigenvalue weighted by atomic mass is 16.4. The average molecular weight is 261 g/mol. The third kappa shape index (κ3) is 2.73. The predicted octanol–water partition coefficient (Wildman–Crippen LogP) is 1.19. The fraction of sp³-hybridized carbons (Fsp3) is 0.308. The summed E-state index contributed by atoms with van der Waals surface area (Å²) in [7, 11) is 1.57. The molecule has 0 aliphatic heterocycles. The number of carboxylic acids is 1. The van der Waals surface area contributed by atoms with Crippen molar-refractivity contribution in [2.75, 3.05) is 13.6 Å². The van der Waals surface area contributed by atoms with Gasteiger partial charge in [0.15, 0.2) is 0 Å². The van der Waals surface area contributed by atoms with E-state index in [4.69, 9.17) is 5.11 Å². The van der Waals surface area contributed by atoms with Gasteiger partial charge in [0.25, 0.3) is 5.91 Å². The number of aliphatic carboxylic acids is 1. The second-order valence-electron chi connectivity index (χ2n) is 4.42. The Balaban J connectivity index is 2.21. The molecule has 6 heteroatoms. The summed E-state index contributed by atoms with van der Waals surface area (Å²) >= 11 is 0. The van der Waals surface area contributed by atoms with E-state index in [2.05, 4.69) is 4.98 Å². The minimum absolute atomic E-state index is 0.0748. The first-order chi connectivity index (χ1) is 8.99. The third-order valence-electron chi connectivity index (χ3n) is 2.90. The van der Waals surface area contributed by atoms with Crippen LogP contribution in [0.3, 0.4) is 0 Å². The van der Waals surface area contributed by atoms with Gasteiger partial charge in [0.1, 0.15) is 11.3 Å². The molecule has 0 radical (unpaired) electrons. The van der Waals surface area contributed by atoms with E-state index in [1.165, 1.54) is 4.90 Å². The Bertz CT molecular complexity index is 633. The maximum atomic E-state index is 12.1. The fourth-order valence-corrected chi connectivity index (χ4v) is 1.82. The Kier molecular flexibility index (Phi) is 3.50. The maximum absolute atomic E-state index is 12.1. The lowest BCUT2D eigenvalue weighted by molar-refractivity contribution is -0.137. The van der Waals surface area contributed by atoms with Crippen LogP contribution < -0.4 is 0 Å². The largest absolute Gasteiger partial charge is 0.481 e. The van der Waals surface area contributed by atoms with E-state index in [0.717, 1.165) is 11.2 Å². The summed E-state index contributed by atoms with van der Waals surface area (Å²) in [6, 6.07) is 3.80. The van der Waals surface area contributed by atoms with Crippen LogP contribution in [0.5, 0.6) is 0 Å². The molecule has 0 bridgehead atoms. The molecule has 1 N–H and O–H groups in total. The van der Waals surface area contributed by atoms with E-state index < -0.39 is 5.97 Å². The molecule has 1 amide bonds. The second-order valence-corrected chi connectivity index (χ2v) is 4.42. The zero-order valence-electron chi connectivity index (χ0n) is 10.8. The van der Waals surface area contributed by atoms with Gasteiger partial charge < -0.3 is 14.4 Å². The summed E-state index contributed by atoms with van der Waals surface area (Å²) in [5, 5.41) is 8.61. The van der Waals surface area contributed by atoms with Crippen LogP contribution in [0.1, 0.15) is 22.5 Å². The van der Waals surface area contributed by atoms with Crippen LogP contribution in [-0.2, 0) is 4.79 Å². The molecular formula is C13H15N3O3. The Labute approximate surface area is 110 Å². The van der Waals surface area contributed by atoms with Gasteiger partial charge in [0.2, 0.25) is 0 Å². The van der Waals surface area contributed by atoms with Gasteiger partial charge in [0, 0.05) is 26.0 Å². The van der Waals surface area contributed by atoms with Gasteiger partial charge in [-0.15, -0.1) is 0 Å². The summed E-state index contributed by atoms with van der Waals surface area (Å²) in [6.07, 6.45) is 3.40. The van der Waals surface area contributed by atoms with Gasteiger partial charge in [-0.25, -0.2) is 4.98 Å². The molecule has 19 heavy (non-hydrogen) atoms. The van der Waals surface area contributed by atoms with Crippen molar-refractivity contribution in [1.29, 1.82) is 0 Å². The van der Waals surface area contributed by atoms with Crippen LogP contribution in [0, 0.1) is 6.92 Å². The van der Waals surface area contributed by atoms with E-state index in [0.29, 0.717) is 5.69 Å². The minimum atomic E-state index is -0.925. The molecule has 2 rings (SSSR count). The second kappa shape index (κ2) is 5.09. The monoisotopic (exact) mass is 261 g/mol. The summed E-state index contributed by atoms with van der Waals surface area (Å²) < 4.78 is 1.79. The number of hydrogen-bond acceptors (Lipinski definition) is 3. The third-order valence-corrected chi connectivity index (χ3v) is 2.90. The zero-order chi connectivity index (χ0) is 14.0. The van der Waals surface area contributed by atoms with Crippen molar-refractivity contribution in [2.45, 2.75) is 13.3 Å². The molecule has 0 aliphatic carbocycles. The molecule has 0 atom stereocenters. The number of hydrogen-bond donors (Lipinski definition) is 1. The first kappa shape index (κ1) is 13.1. The highest BCUT2D eigenvalue weighted by Crippen LogP contribution is 2.11. The van der Waals surface area contributed by atoms with Crippen LogP contribution in [0.4, 0.5) is 0 Å². The topological polar surface area (TPSA) is 74.9 Å². The van der Waals surface area contributed by atoms with Gasteiger partial charge in [-0.3, -0.25) is 9.59 Å². The number of carbonyl (C=O) groups excluding carboxylic acids is 1. The van der Waals surface area contributed by atoms with E-state index in [1.54, 1.807) is 17.6 Å². The van der Waals surface area contributed by atoms with Crippen molar-refractivity contribution in [3.05, 3.63) is 35.8 Å². The van der Waals surface area contributed by atoms with Crippen molar-refractivity contribution in [1.82, 2.24) is 14.3 Å². The quantitative estimate of drug-likeness (QED) is 0.897. The van der Waals surface area contributed by atoms with E-state index in [-0.39, 0.29) is 18.9 Å². The molecule has 2 aromatic rings. The lowest BCUT2D eigenvalue weighted by atomic mass is 10.3. The van der Waals surface area contributed by atoms with Crippen LogP contribution in [0.2, 0.25) is 0 Å². The molecule has 0 unspecified atom stereocenters. The molecule has 0 aromatic carbocycles. The number of carbonyl (C=O) groups is 2. The lowest BCUT2D eigenvalue weighted by Crippen LogP contribution is -2.29. The molecule has 0 saturated carbocycles. The number of pyridine rings is 1. The van der Waals surface area contributed by atoms with Crippen molar-refractivity contribution in [3.8, 4) is 0 Å². The SMILES string of the molecule is Cc1cccn2cc(C(=O)N(C)CCC(=O)O)nc12. The highest BCUT2D eigenvalue weighted by molar-refractivity contribution is 5.93. The number of rotatable bonds is 4. The van der Waals surface area contributed by atoms with Crippen molar-refractivity contribution >= 4 is 17.5 Å². The number of nitrogens with zero attached hydrogens (tertiary/aromatic N) is 3. The molecule has 6 nitrogen and oxygen atoms in total. The number of aryl methyl sites for hydroxylation is 1. The molecule has 0 saturated heterocycles. The summed E-state index contributed by atoms with van der Waals surface area (Å²) in [6.45, 7) is 2.09. The van der Waals surface area contributed by atoms with Crippen LogP contribution >= 0.6 is 0 Å². The summed E-state index contributed by atoms with van der Waals surface area (Å²) in [4.78, 5) is 28.2. The summed E-state index contributed by atoms with van der Waals surface area (Å²) in [5.41, 5.74) is 2.04. The van der Waals surface area contributed by atoms with Crippen molar-refractivity contribution in [2.24, 2.45) is 0 Å². The van der Waals surface area contributed by atoms with E-state index >= 15 is 0 Å². The van der Waals surface area contributed by atoms with Gasteiger partial charge in [-0.2, -0.15) is 0 Å². The number of amides is 1. The van der Waals surface area contributed by atoms with Crippen LogP contribution in [0.25, 0.3) is 5.65 Å².